The van der Waals surface area contributed by atoms with Crippen molar-refractivity contribution in [2.75, 3.05) is 11.1 Å². The van der Waals surface area contributed by atoms with E-state index >= 15 is 0 Å². The second-order valence-electron chi connectivity index (χ2n) is 8.16. The molecule has 0 atom stereocenters. The normalized spacial score (nSPS) is 11.4. The first-order valence-electron chi connectivity index (χ1n) is 11.3. The summed E-state index contributed by atoms with van der Waals surface area (Å²) in [6.07, 6.45) is 1.55. The zero-order chi connectivity index (χ0) is 25.8. The lowest BCUT2D eigenvalue weighted by Crippen LogP contribution is -2.14. The molecule has 5 aromatic rings. The van der Waals surface area contributed by atoms with Crippen LogP contribution in [0.2, 0.25) is 0 Å². The molecule has 0 fully saturated rings. The zero-order valence-electron chi connectivity index (χ0n) is 19.3. The van der Waals surface area contributed by atoms with E-state index in [1.165, 1.54) is 6.07 Å². The second-order valence-corrected chi connectivity index (χ2v) is 9.17. The first-order chi connectivity index (χ1) is 18.0. The van der Waals surface area contributed by atoms with Crippen LogP contribution in [0.4, 0.5) is 11.4 Å². The van der Waals surface area contributed by atoms with Gasteiger partial charge < -0.3 is 10.3 Å². The number of thioether (sulfide) groups is 1. The van der Waals surface area contributed by atoms with Crippen LogP contribution in [0.25, 0.3) is 33.5 Å². The molecule has 1 heterocycles. The van der Waals surface area contributed by atoms with Gasteiger partial charge in [-0.2, -0.15) is 5.26 Å². The average molecular weight is 506 g/mol. The van der Waals surface area contributed by atoms with Crippen LogP contribution in [0.15, 0.2) is 89.8 Å². The van der Waals surface area contributed by atoms with E-state index in [0.717, 1.165) is 33.6 Å². The molecule has 0 bridgehead atoms. The number of hydrogen-bond acceptors (Lipinski definition) is 6. The number of nitrogens with zero attached hydrogens (tertiary/aromatic N) is 3. The van der Waals surface area contributed by atoms with Gasteiger partial charge in [-0.15, -0.1) is 11.8 Å². The topological polar surface area (TPSA) is 125 Å². The number of hydrogen-bond donors (Lipinski definition) is 2. The Labute approximate surface area is 215 Å². The van der Waals surface area contributed by atoms with Gasteiger partial charge in [0.25, 0.3) is 5.69 Å². The van der Waals surface area contributed by atoms with E-state index < -0.39 is 4.92 Å². The molecule has 0 radical (unpaired) electrons. The average Bonchev–Trinajstić information content (AvgIpc) is 3.35. The number of aromatic amines is 1. The van der Waals surface area contributed by atoms with Crippen LogP contribution in [0.3, 0.4) is 0 Å². The smallest absolute Gasteiger partial charge is 0.283 e. The summed E-state index contributed by atoms with van der Waals surface area (Å²) in [4.78, 5) is 31.7. The first-order valence-corrected chi connectivity index (χ1v) is 12.3. The van der Waals surface area contributed by atoms with Gasteiger partial charge in [-0.25, -0.2) is 4.98 Å². The quantitative estimate of drug-likeness (QED) is 0.114. The highest BCUT2D eigenvalue weighted by atomic mass is 32.2. The molecule has 5 rings (SSSR count). The molecule has 180 valence electrons. The van der Waals surface area contributed by atoms with E-state index in [-0.39, 0.29) is 22.9 Å². The van der Waals surface area contributed by atoms with Gasteiger partial charge in [0.15, 0.2) is 0 Å². The number of anilines is 1. The fraction of sp³-hybridized carbons (Fsp3) is 0.0357. The highest BCUT2D eigenvalue weighted by Gasteiger charge is 2.17. The molecule has 1 amide bonds. The summed E-state index contributed by atoms with van der Waals surface area (Å²) in [6, 6.07) is 27.6. The molecular weight excluding hydrogens is 486 g/mol. The molecule has 1 aromatic heterocycles. The van der Waals surface area contributed by atoms with E-state index in [9.17, 15) is 20.2 Å². The van der Waals surface area contributed by atoms with E-state index in [0.29, 0.717) is 22.0 Å². The Morgan fingerprint density at radius 3 is 2.62 bits per heavy atom. The number of nitro benzene ring substituents is 1. The van der Waals surface area contributed by atoms with Crippen molar-refractivity contribution in [3.05, 3.63) is 106 Å². The van der Waals surface area contributed by atoms with Crippen LogP contribution in [0.5, 0.6) is 0 Å². The van der Waals surface area contributed by atoms with Crippen molar-refractivity contribution in [3.63, 3.8) is 0 Å². The molecular formula is C28H19N5O3S. The van der Waals surface area contributed by atoms with Gasteiger partial charge in [-0.1, -0.05) is 48.5 Å². The summed E-state index contributed by atoms with van der Waals surface area (Å²) < 4.78 is 0. The number of nitrogens with one attached hydrogen (secondary N) is 2. The summed E-state index contributed by atoms with van der Waals surface area (Å²) in [6.45, 7) is 0. The minimum absolute atomic E-state index is 0.00524. The third kappa shape index (κ3) is 5.34. The highest BCUT2D eigenvalue weighted by molar-refractivity contribution is 8.00. The molecule has 0 aliphatic heterocycles. The Hall–Kier alpha value is -4.94. The Balaban J connectivity index is 1.32. The van der Waals surface area contributed by atoms with Crippen molar-refractivity contribution in [1.29, 1.82) is 5.26 Å². The number of amides is 1. The van der Waals surface area contributed by atoms with E-state index in [1.54, 1.807) is 18.2 Å². The minimum Gasteiger partial charge on any atom is -0.337 e. The van der Waals surface area contributed by atoms with E-state index in [1.807, 2.05) is 66.7 Å². The first kappa shape index (κ1) is 23.8. The number of allylic oxidation sites excluding steroid dienone is 1. The van der Waals surface area contributed by atoms with E-state index in [2.05, 4.69) is 21.4 Å². The molecule has 0 aliphatic carbocycles. The van der Waals surface area contributed by atoms with Crippen LogP contribution in [0.1, 0.15) is 11.4 Å². The van der Waals surface area contributed by atoms with Crippen molar-refractivity contribution >= 4 is 62.5 Å². The number of nitro groups is 1. The maximum Gasteiger partial charge on any atom is 0.283 e. The molecule has 37 heavy (non-hydrogen) atoms. The van der Waals surface area contributed by atoms with Crippen LogP contribution < -0.4 is 5.32 Å². The van der Waals surface area contributed by atoms with Crippen molar-refractivity contribution in [3.8, 4) is 6.07 Å². The van der Waals surface area contributed by atoms with Gasteiger partial charge >= 0.3 is 0 Å². The fourth-order valence-corrected chi connectivity index (χ4v) is 4.70. The third-order valence-electron chi connectivity index (χ3n) is 5.65. The maximum atomic E-state index is 12.5. The van der Waals surface area contributed by atoms with Crippen LogP contribution in [-0.2, 0) is 4.79 Å². The van der Waals surface area contributed by atoms with Crippen LogP contribution >= 0.6 is 11.8 Å². The van der Waals surface area contributed by atoms with Gasteiger partial charge in [0, 0.05) is 11.8 Å². The number of H-pyrrole nitrogens is 1. The molecule has 4 aromatic carbocycles. The van der Waals surface area contributed by atoms with Crippen molar-refractivity contribution < 1.29 is 9.72 Å². The molecule has 9 heteroatoms. The molecule has 8 nitrogen and oxygen atoms in total. The predicted octanol–water partition coefficient (Wildman–Crippen LogP) is 6.42. The third-order valence-corrected chi connectivity index (χ3v) is 6.71. The number of aromatic nitrogens is 2. The minimum atomic E-state index is -0.492. The zero-order valence-corrected chi connectivity index (χ0v) is 20.2. The fourth-order valence-electron chi connectivity index (χ4n) is 3.90. The number of carbonyl (C=O) groups is 1. The van der Waals surface area contributed by atoms with Gasteiger partial charge in [0.1, 0.15) is 11.9 Å². The second kappa shape index (κ2) is 10.4. The number of para-hydroxylation sites is 2. The molecule has 0 unspecified atom stereocenters. The molecule has 2 N–H and O–H groups in total. The van der Waals surface area contributed by atoms with Gasteiger partial charge in [-0.3, -0.25) is 14.9 Å². The van der Waals surface area contributed by atoms with Crippen molar-refractivity contribution in [1.82, 2.24) is 9.97 Å². The van der Waals surface area contributed by atoms with E-state index in [4.69, 9.17) is 0 Å². The lowest BCUT2D eigenvalue weighted by molar-refractivity contribution is -0.387. The van der Waals surface area contributed by atoms with Crippen LogP contribution in [-0.4, -0.2) is 26.6 Å². The van der Waals surface area contributed by atoms with Crippen molar-refractivity contribution in [2.45, 2.75) is 4.90 Å². The molecule has 0 saturated carbocycles. The highest BCUT2D eigenvalue weighted by Crippen LogP contribution is 2.31. The summed E-state index contributed by atoms with van der Waals surface area (Å²) >= 11 is 1.08. The summed E-state index contributed by atoms with van der Waals surface area (Å²) in [5.41, 5.74) is 2.76. The Morgan fingerprint density at radius 2 is 1.84 bits per heavy atom. The molecule has 0 saturated heterocycles. The predicted molar refractivity (Wildman–Crippen MR) is 146 cm³/mol. The number of nitriles is 1. The number of carbonyl (C=O) groups excluding carboxylic acids is 1. The lowest BCUT2D eigenvalue weighted by Gasteiger charge is -2.07. The standard InChI is InChI=1S/C28H19N5O3S/c29-16-21(28-31-23-7-3-4-8-24(23)32-28)13-18-9-12-26(25(14-18)33(35)36)37-17-27(34)30-22-11-10-19-5-1-2-6-20(19)15-22/h1-15H,17H2,(H,30,34)(H,31,32)/b21-13+. The van der Waals surface area contributed by atoms with Gasteiger partial charge in [-0.05, 0) is 52.7 Å². The molecule has 0 aliphatic rings. The Morgan fingerprint density at radius 1 is 1.05 bits per heavy atom. The Kier molecular flexibility index (Phi) is 6.66. The van der Waals surface area contributed by atoms with Gasteiger partial charge in [0.05, 0.1) is 32.2 Å². The number of imidazole rings is 1. The monoisotopic (exact) mass is 505 g/mol. The number of rotatable bonds is 7. The summed E-state index contributed by atoms with van der Waals surface area (Å²) in [5, 5.41) is 26.3. The van der Waals surface area contributed by atoms with Crippen LogP contribution in [0, 0.1) is 21.4 Å². The number of fused-ring (bicyclic) bond motifs is 2. The lowest BCUT2D eigenvalue weighted by atomic mass is 10.1. The number of benzene rings is 4. The summed E-state index contributed by atoms with van der Waals surface area (Å²) in [7, 11) is 0. The molecule has 0 spiro atoms. The summed E-state index contributed by atoms with van der Waals surface area (Å²) in [5.74, 6) is 0.121. The van der Waals surface area contributed by atoms with Crippen molar-refractivity contribution in [2.24, 2.45) is 0 Å². The maximum absolute atomic E-state index is 12.5. The largest absolute Gasteiger partial charge is 0.337 e. The Bertz CT molecular complexity index is 1700. The SMILES string of the molecule is N#C/C(=C\c1ccc(SCC(=O)Nc2ccc3ccccc3c2)c([N+](=O)[O-])c1)c1nc2ccccc2[nH]1. The van der Waals surface area contributed by atoms with Gasteiger partial charge in [0.2, 0.25) is 5.91 Å².